The molecule has 0 atom stereocenters. The van der Waals surface area contributed by atoms with Crippen molar-refractivity contribution in [3.8, 4) is 11.5 Å². The number of halogens is 2. The van der Waals surface area contributed by atoms with Crippen LogP contribution in [-0.4, -0.2) is 55.1 Å². The predicted octanol–water partition coefficient (Wildman–Crippen LogP) is 4.92. The molecule has 4 aromatic rings. The van der Waals surface area contributed by atoms with E-state index in [2.05, 4.69) is 20.1 Å². The first-order chi connectivity index (χ1) is 17.0. The average Bonchev–Trinajstić information content (AvgIpc) is 3.30. The second-order valence-electron chi connectivity index (χ2n) is 8.26. The van der Waals surface area contributed by atoms with E-state index in [1.807, 2.05) is 36.4 Å². The third kappa shape index (κ3) is 5.58. The predicted molar refractivity (Wildman–Crippen MR) is 133 cm³/mol. The van der Waals surface area contributed by atoms with Gasteiger partial charge in [0.05, 0.1) is 4.70 Å². The Morgan fingerprint density at radius 3 is 2.54 bits per heavy atom. The highest BCUT2D eigenvalue weighted by atomic mass is 32.1. The number of ether oxygens (including phenoxy) is 1. The van der Waals surface area contributed by atoms with Crippen molar-refractivity contribution in [3.05, 3.63) is 83.9 Å². The Morgan fingerprint density at radius 2 is 1.74 bits per heavy atom. The van der Waals surface area contributed by atoms with Crippen molar-refractivity contribution in [2.75, 3.05) is 44.2 Å². The van der Waals surface area contributed by atoms with Crippen molar-refractivity contribution in [3.63, 3.8) is 0 Å². The van der Waals surface area contributed by atoms with Crippen molar-refractivity contribution in [2.45, 2.75) is 0 Å². The minimum Gasteiger partial charge on any atom is -0.457 e. The van der Waals surface area contributed by atoms with E-state index in [1.54, 1.807) is 18.2 Å². The van der Waals surface area contributed by atoms with Crippen LogP contribution < -0.4 is 15.0 Å². The third-order valence-corrected chi connectivity index (χ3v) is 6.90. The van der Waals surface area contributed by atoms with Crippen molar-refractivity contribution in [2.24, 2.45) is 0 Å². The van der Waals surface area contributed by atoms with Gasteiger partial charge in [-0.2, -0.15) is 0 Å². The molecule has 5 rings (SSSR count). The number of aromatic nitrogens is 1. The maximum absolute atomic E-state index is 14.0. The molecule has 0 unspecified atom stereocenters. The van der Waals surface area contributed by atoms with E-state index in [4.69, 9.17) is 4.74 Å². The fourth-order valence-corrected chi connectivity index (χ4v) is 5.06. The van der Waals surface area contributed by atoms with Crippen LogP contribution in [0.15, 0.2) is 66.7 Å². The lowest BCUT2D eigenvalue weighted by atomic mass is 10.2. The fourth-order valence-electron chi connectivity index (χ4n) is 4.00. The highest BCUT2D eigenvalue weighted by Gasteiger charge is 2.21. The molecule has 3 aromatic carbocycles. The standard InChI is InChI=1S/C26H24F2N4O2S/c27-19-16-22(28)24-23(17-19)35-26(30-24)32-13-11-31(12-14-32)10-9-29-25(33)18-5-4-8-21(15-18)34-20-6-2-1-3-7-20/h1-8,15-17H,9-14H2,(H,29,33). The quantitative estimate of drug-likeness (QED) is 0.395. The number of carbonyl (C=O) groups excluding carboxylic acids is 1. The molecule has 1 aliphatic heterocycles. The largest absolute Gasteiger partial charge is 0.457 e. The maximum Gasteiger partial charge on any atom is 0.251 e. The van der Waals surface area contributed by atoms with Crippen LogP contribution in [0.25, 0.3) is 10.2 Å². The van der Waals surface area contributed by atoms with Crippen molar-refractivity contribution >= 4 is 32.6 Å². The molecule has 0 aliphatic carbocycles. The number of para-hydroxylation sites is 1. The zero-order valence-electron chi connectivity index (χ0n) is 18.9. The summed E-state index contributed by atoms with van der Waals surface area (Å²) in [5, 5.41) is 3.68. The zero-order chi connectivity index (χ0) is 24.2. The minimum absolute atomic E-state index is 0.147. The fraction of sp³-hybridized carbons (Fsp3) is 0.231. The monoisotopic (exact) mass is 494 g/mol. The van der Waals surface area contributed by atoms with Gasteiger partial charge in [0.2, 0.25) is 0 Å². The Kier molecular flexibility index (Phi) is 6.87. The summed E-state index contributed by atoms with van der Waals surface area (Å²) >= 11 is 1.30. The van der Waals surface area contributed by atoms with Gasteiger partial charge in [-0.3, -0.25) is 9.69 Å². The van der Waals surface area contributed by atoms with E-state index in [0.29, 0.717) is 33.4 Å². The van der Waals surface area contributed by atoms with Crippen LogP contribution in [-0.2, 0) is 0 Å². The third-order valence-electron chi connectivity index (χ3n) is 5.83. The second-order valence-corrected chi connectivity index (χ2v) is 9.27. The number of piperazine rings is 1. The number of nitrogens with one attached hydrogen (secondary N) is 1. The summed E-state index contributed by atoms with van der Waals surface area (Å²) in [4.78, 5) is 21.3. The normalized spacial score (nSPS) is 14.3. The van der Waals surface area contributed by atoms with E-state index in [1.165, 1.54) is 17.4 Å². The topological polar surface area (TPSA) is 57.7 Å². The molecule has 2 heterocycles. The summed E-state index contributed by atoms with van der Waals surface area (Å²) in [6, 6.07) is 18.7. The number of hydrogen-bond acceptors (Lipinski definition) is 6. The van der Waals surface area contributed by atoms with Crippen molar-refractivity contribution in [1.29, 1.82) is 0 Å². The van der Waals surface area contributed by atoms with Gasteiger partial charge in [0, 0.05) is 50.9 Å². The van der Waals surface area contributed by atoms with Crippen LogP contribution in [0, 0.1) is 11.6 Å². The Bertz CT molecular complexity index is 1320. The van der Waals surface area contributed by atoms with Crippen LogP contribution in [0.3, 0.4) is 0 Å². The number of hydrogen-bond donors (Lipinski definition) is 1. The summed E-state index contributed by atoms with van der Waals surface area (Å²) in [5.74, 6) is -0.0442. The van der Waals surface area contributed by atoms with Crippen molar-refractivity contribution in [1.82, 2.24) is 15.2 Å². The average molecular weight is 495 g/mol. The first-order valence-corrected chi connectivity index (χ1v) is 12.2. The summed E-state index contributed by atoms with van der Waals surface area (Å²) in [5.41, 5.74) is 0.762. The maximum atomic E-state index is 14.0. The van der Waals surface area contributed by atoms with Gasteiger partial charge in [0.25, 0.3) is 5.91 Å². The number of carbonyl (C=O) groups is 1. The van der Waals surface area contributed by atoms with Gasteiger partial charge in [-0.25, -0.2) is 13.8 Å². The number of anilines is 1. The van der Waals surface area contributed by atoms with Gasteiger partial charge in [0.1, 0.15) is 22.8 Å². The Balaban J connectivity index is 1.10. The zero-order valence-corrected chi connectivity index (χ0v) is 19.7. The Labute approximate surface area is 205 Å². The van der Waals surface area contributed by atoms with Crippen molar-refractivity contribution < 1.29 is 18.3 Å². The summed E-state index contributed by atoms with van der Waals surface area (Å²) in [6.45, 7) is 4.30. The van der Waals surface area contributed by atoms with E-state index in [9.17, 15) is 13.6 Å². The smallest absolute Gasteiger partial charge is 0.251 e. The molecule has 0 spiro atoms. The number of nitrogens with zero attached hydrogens (tertiary/aromatic N) is 3. The molecule has 1 fully saturated rings. The second kappa shape index (κ2) is 10.4. The van der Waals surface area contributed by atoms with Gasteiger partial charge < -0.3 is 15.0 Å². The van der Waals surface area contributed by atoms with E-state index >= 15 is 0 Å². The molecular formula is C26H24F2N4O2S. The molecule has 180 valence electrons. The summed E-state index contributed by atoms with van der Waals surface area (Å²) < 4.78 is 33.8. The molecule has 1 aromatic heterocycles. The number of thiazole rings is 1. The summed E-state index contributed by atoms with van der Waals surface area (Å²) in [7, 11) is 0. The highest BCUT2D eigenvalue weighted by molar-refractivity contribution is 7.22. The molecule has 1 saturated heterocycles. The highest BCUT2D eigenvalue weighted by Crippen LogP contribution is 2.31. The first-order valence-electron chi connectivity index (χ1n) is 11.4. The van der Waals surface area contributed by atoms with Gasteiger partial charge in [-0.05, 0) is 36.4 Å². The molecule has 9 heteroatoms. The Hall–Kier alpha value is -3.56. The molecule has 0 saturated carbocycles. The number of fused-ring (bicyclic) bond motifs is 1. The molecular weight excluding hydrogens is 470 g/mol. The molecule has 1 aliphatic rings. The van der Waals surface area contributed by atoms with E-state index in [-0.39, 0.29) is 11.4 Å². The molecule has 0 bridgehead atoms. The number of rotatable bonds is 7. The van der Waals surface area contributed by atoms with Crippen LogP contribution in [0.1, 0.15) is 10.4 Å². The van der Waals surface area contributed by atoms with Gasteiger partial charge in [0.15, 0.2) is 10.9 Å². The van der Waals surface area contributed by atoms with Gasteiger partial charge >= 0.3 is 0 Å². The number of amides is 1. The van der Waals surface area contributed by atoms with Crippen LogP contribution in [0.2, 0.25) is 0 Å². The first kappa shape index (κ1) is 23.2. The van der Waals surface area contributed by atoms with Crippen LogP contribution in [0.5, 0.6) is 11.5 Å². The molecule has 0 radical (unpaired) electrons. The van der Waals surface area contributed by atoms with Gasteiger partial charge in [-0.1, -0.05) is 35.6 Å². The molecule has 6 nitrogen and oxygen atoms in total. The molecule has 1 N–H and O–H groups in total. The van der Waals surface area contributed by atoms with Gasteiger partial charge in [-0.15, -0.1) is 0 Å². The lowest BCUT2D eigenvalue weighted by Gasteiger charge is -2.34. The lowest BCUT2D eigenvalue weighted by molar-refractivity contribution is 0.0947. The van der Waals surface area contributed by atoms with Crippen LogP contribution in [0.4, 0.5) is 13.9 Å². The molecule has 35 heavy (non-hydrogen) atoms. The van der Waals surface area contributed by atoms with E-state index < -0.39 is 11.6 Å². The SMILES string of the molecule is O=C(NCCN1CCN(c2nc3c(F)cc(F)cc3s2)CC1)c1cccc(Oc2ccccc2)c1. The van der Waals surface area contributed by atoms with E-state index in [0.717, 1.165) is 38.8 Å². The lowest BCUT2D eigenvalue weighted by Crippen LogP contribution is -2.48. The number of benzene rings is 3. The van der Waals surface area contributed by atoms with Crippen LogP contribution >= 0.6 is 11.3 Å². The molecule has 1 amide bonds. The summed E-state index contributed by atoms with van der Waals surface area (Å²) in [6.07, 6.45) is 0. The minimum atomic E-state index is -0.631. The Morgan fingerprint density at radius 1 is 0.971 bits per heavy atom.